The van der Waals surface area contributed by atoms with Crippen molar-refractivity contribution >= 4 is 45.4 Å². The summed E-state index contributed by atoms with van der Waals surface area (Å²) in [6.07, 6.45) is 3.38. The zero-order chi connectivity index (χ0) is 32.6. The molecule has 1 amide bonds. The Hall–Kier alpha value is -5.16. The van der Waals surface area contributed by atoms with Gasteiger partial charge in [-0.15, -0.1) is 0 Å². The van der Waals surface area contributed by atoms with Crippen molar-refractivity contribution in [3.8, 4) is 0 Å². The number of hydrogen-bond donors (Lipinski definition) is 2. The minimum absolute atomic E-state index is 0.0202. The molecule has 5 aromatic rings. The number of para-hydroxylation sites is 1. The highest BCUT2D eigenvalue weighted by molar-refractivity contribution is 7.80. The Labute approximate surface area is 272 Å². The molecule has 4 aromatic carbocycles. The summed E-state index contributed by atoms with van der Waals surface area (Å²) < 4.78 is 16.4. The largest absolute Gasteiger partial charge is 0.351 e. The Kier molecular flexibility index (Phi) is 10.3. The van der Waals surface area contributed by atoms with Crippen molar-refractivity contribution in [1.82, 2.24) is 19.8 Å². The van der Waals surface area contributed by atoms with Crippen LogP contribution in [0.15, 0.2) is 104 Å². The molecule has 0 saturated heterocycles. The second-order valence-corrected chi connectivity index (χ2v) is 11.8. The van der Waals surface area contributed by atoms with Crippen molar-refractivity contribution < 1.29 is 14.1 Å². The lowest BCUT2D eigenvalue weighted by molar-refractivity contribution is -0.384. The SMILES string of the molecule is CC(C)[C@@H](CN(Cc1cccc2ccccc12)C(=S)Nc1ccccc1F)NC(=O)Cc1cncn1Cc1ccc([N+](=O)[O-])cc1. The summed E-state index contributed by atoms with van der Waals surface area (Å²) in [6, 6.07) is 26.6. The number of aromatic nitrogens is 2. The number of amides is 1. The lowest BCUT2D eigenvalue weighted by Crippen LogP contribution is -2.49. The van der Waals surface area contributed by atoms with Crippen LogP contribution in [0.3, 0.4) is 0 Å². The number of nitrogens with one attached hydrogen (secondary N) is 2. The highest BCUT2D eigenvalue weighted by Crippen LogP contribution is 2.22. The number of fused-ring (bicyclic) bond motifs is 1. The molecule has 11 heteroatoms. The number of carbonyl (C=O) groups excluding carboxylic acids is 1. The number of benzene rings is 4. The first-order valence-corrected chi connectivity index (χ1v) is 15.4. The molecule has 46 heavy (non-hydrogen) atoms. The number of rotatable bonds is 12. The number of halogens is 1. The van der Waals surface area contributed by atoms with E-state index in [9.17, 15) is 19.3 Å². The summed E-state index contributed by atoms with van der Waals surface area (Å²) in [4.78, 5) is 30.2. The van der Waals surface area contributed by atoms with Crippen LogP contribution in [0.4, 0.5) is 15.8 Å². The van der Waals surface area contributed by atoms with E-state index in [4.69, 9.17) is 12.2 Å². The van der Waals surface area contributed by atoms with E-state index >= 15 is 0 Å². The van der Waals surface area contributed by atoms with Crippen molar-refractivity contribution in [2.24, 2.45) is 5.92 Å². The Bertz CT molecular complexity index is 1840. The molecule has 0 saturated carbocycles. The standard InChI is InChI=1S/C35H35FN6O3S/c1-24(2)33(38-34(43)18-29-19-37-23-41(29)20-25-14-16-28(17-15-25)42(44)45)22-40(35(46)39-32-13-6-5-12-31(32)36)21-27-10-7-9-26-8-3-4-11-30(26)27/h3-17,19,23-24,33H,18,20-22H2,1-2H3,(H,38,43)(H,39,46)/t33-/m1/s1. The van der Waals surface area contributed by atoms with Gasteiger partial charge < -0.3 is 20.1 Å². The average molecular weight is 639 g/mol. The molecule has 2 N–H and O–H groups in total. The molecule has 0 aliphatic heterocycles. The summed E-state index contributed by atoms with van der Waals surface area (Å²) >= 11 is 5.84. The van der Waals surface area contributed by atoms with E-state index in [1.165, 1.54) is 18.2 Å². The first-order valence-electron chi connectivity index (χ1n) is 15.0. The molecule has 9 nitrogen and oxygen atoms in total. The van der Waals surface area contributed by atoms with Crippen LogP contribution >= 0.6 is 12.2 Å². The summed E-state index contributed by atoms with van der Waals surface area (Å²) in [5.74, 6) is -0.531. The number of nitrogens with zero attached hydrogens (tertiary/aromatic N) is 4. The lowest BCUT2D eigenvalue weighted by atomic mass is 10.0. The normalized spacial score (nSPS) is 11.7. The number of imidazole rings is 1. The molecular formula is C35H35FN6O3S. The third-order valence-electron chi connectivity index (χ3n) is 7.85. The molecule has 1 atom stereocenters. The fourth-order valence-corrected chi connectivity index (χ4v) is 5.50. The molecular weight excluding hydrogens is 603 g/mol. The lowest BCUT2D eigenvalue weighted by Gasteiger charge is -2.33. The van der Waals surface area contributed by atoms with Crippen molar-refractivity contribution in [2.75, 3.05) is 11.9 Å². The minimum Gasteiger partial charge on any atom is -0.351 e. The fourth-order valence-electron chi connectivity index (χ4n) is 5.25. The van der Waals surface area contributed by atoms with Crippen molar-refractivity contribution in [3.63, 3.8) is 0 Å². The van der Waals surface area contributed by atoms with Crippen molar-refractivity contribution in [1.29, 1.82) is 0 Å². The Morgan fingerprint density at radius 2 is 1.74 bits per heavy atom. The van der Waals surface area contributed by atoms with E-state index in [0.717, 1.165) is 21.9 Å². The number of hydrogen-bond acceptors (Lipinski definition) is 5. The van der Waals surface area contributed by atoms with E-state index in [1.54, 1.807) is 42.9 Å². The van der Waals surface area contributed by atoms with E-state index in [1.807, 2.05) is 41.5 Å². The van der Waals surface area contributed by atoms with Gasteiger partial charge in [0, 0.05) is 49.7 Å². The zero-order valence-corrected chi connectivity index (χ0v) is 26.4. The van der Waals surface area contributed by atoms with Gasteiger partial charge in [0.1, 0.15) is 5.82 Å². The van der Waals surface area contributed by atoms with Gasteiger partial charge in [0.25, 0.3) is 5.69 Å². The van der Waals surface area contributed by atoms with Gasteiger partial charge in [-0.25, -0.2) is 9.37 Å². The van der Waals surface area contributed by atoms with Crippen LogP contribution in [0.1, 0.15) is 30.7 Å². The van der Waals surface area contributed by atoms with Crippen LogP contribution < -0.4 is 10.6 Å². The number of thiocarbonyl (C=S) groups is 1. The van der Waals surface area contributed by atoms with Crippen LogP contribution in [0.5, 0.6) is 0 Å². The molecule has 0 spiro atoms. The molecule has 0 aliphatic rings. The van der Waals surface area contributed by atoms with Crippen LogP contribution in [0.2, 0.25) is 0 Å². The Balaban J connectivity index is 1.32. The first kappa shape index (κ1) is 32.2. The molecule has 1 aromatic heterocycles. The van der Waals surface area contributed by atoms with Crippen LogP contribution in [0, 0.1) is 21.8 Å². The highest BCUT2D eigenvalue weighted by Gasteiger charge is 2.23. The smallest absolute Gasteiger partial charge is 0.269 e. The fraction of sp³-hybridized carbons (Fsp3) is 0.229. The van der Waals surface area contributed by atoms with Crippen molar-refractivity contribution in [3.05, 3.63) is 136 Å². The third-order valence-corrected chi connectivity index (χ3v) is 8.21. The minimum atomic E-state index is -0.437. The number of nitro benzene ring substituents is 1. The zero-order valence-electron chi connectivity index (χ0n) is 25.6. The molecule has 0 bridgehead atoms. The van der Waals surface area contributed by atoms with Crippen LogP contribution in [-0.2, 0) is 24.3 Å². The quantitative estimate of drug-likeness (QED) is 0.0889. The van der Waals surface area contributed by atoms with Gasteiger partial charge in [-0.2, -0.15) is 0 Å². The van der Waals surface area contributed by atoms with E-state index in [-0.39, 0.29) is 35.7 Å². The van der Waals surface area contributed by atoms with Crippen LogP contribution in [0.25, 0.3) is 10.8 Å². The van der Waals surface area contributed by atoms with Gasteiger partial charge in [-0.3, -0.25) is 14.9 Å². The van der Waals surface area contributed by atoms with Gasteiger partial charge in [-0.05, 0) is 52.2 Å². The molecule has 1 heterocycles. The Morgan fingerprint density at radius 1 is 1.02 bits per heavy atom. The van der Waals surface area contributed by atoms with Gasteiger partial charge in [0.15, 0.2) is 5.11 Å². The van der Waals surface area contributed by atoms with Gasteiger partial charge in [0.05, 0.1) is 23.4 Å². The summed E-state index contributed by atoms with van der Waals surface area (Å²) in [7, 11) is 0. The molecule has 0 radical (unpaired) electrons. The highest BCUT2D eigenvalue weighted by atomic mass is 32.1. The first-order chi connectivity index (χ1) is 22.2. The van der Waals surface area contributed by atoms with Crippen molar-refractivity contribution in [2.45, 2.75) is 39.4 Å². The number of anilines is 1. The molecule has 0 fully saturated rings. The third kappa shape index (κ3) is 8.10. The maximum absolute atomic E-state index is 14.6. The Morgan fingerprint density at radius 3 is 2.48 bits per heavy atom. The monoisotopic (exact) mass is 638 g/mol. The van der Waals surface area contributed by atoms with E-state index in [0.29, 0.717) is 30.4 Å². The average Bonchev–Trinajstić information content (AvgIpc) is 3.47. The molecule has 0 aliphatic carbocycles. The summed E-state index contributed by atoms with van der Waals surface area (Å²) in [6.45, 7) is 5.32. The van der Waals surface area contributed by atoms with E-state index in [2.05, 4.69) is 39.9 Å². The topological polar surface area (TPSA) is 105 Å². The molecule has 0 unspecified atom stereocenters. The number of non-ortho nitro benzene ring substituents is 1. The number of carbonyl (C=O) groups is 1. The second-order valence-electron chi connectivity index (χ2n) is 11.5. The summed E-state index contributed by atoms with van der Waals surface area (Å²) in [5.41, 5.74) is 2.92. The van der Waals surface area contributed by atoms with Gasteiger partial charge >= 0.3 is 0 Å². The predicted molar refractivity (Wildman–Crippen MR) is 182 cm³/mol. The van der Waals surface area contributed by atoms with E-state index < -0.39 is 10.7 Å². The van der Waals surface area contributed by atoms with Gasteiger partial charge in [-0.1, -0.05) is 80.6 Å². The van der Waals surface area contributed by atoms with Crippen LogP contribution in [-0.4, -0.2) is 43.0 Å². The maximum Gasteiger partial charge on any atom is 0.269 e. The summed E-state index contributed by atoms with van der Waals surface area (Å²) in [5, 5.41) is 19.8. The maximum atomic E-state index is 14.6. The molecule has 5 rings (SSSR count). The second kappa shape index (κ2) is 14.7. The molecule has 236 valence electrons. The predicted octanol–water partition coefficient (Wildman–Crippen LogP) is 6.71. The number of nitro groups is 1. The van der Waals surface area contributed by atoms with Gasteiger partial charge in [0.2, 0.25) is 5.91 Å².